The SMILES string of the molecule is CNC(=O)c1ccnc(Nc2cc(Nc3ccc(Cl)cc3C)c(C(=O)NC)cn2)c1.CNC(=O)c1cnc(Nc2cc(C(=O)O)ccn2)cc1Nc1ccc(Cl)cc1C.[2H]CF. The van der Waals surface area contributed by atoms with Crippen molar-refractivity contribution in [2.45, 2.75) is 13.8 Å². The van der Waals surface area contributed by atoms with Gasteiger partial charge in [-0.1, -0.05) is 23.2 Å². The number of aromatic carboxylic acids is 1. The van der Waals surface area contributed by atoms with E-state index < -0.39 is 13.1 Å². The van der Waals surface area contributed by atoms with Gasteiger partial charge in [-0.3, -0.25) is 18.8 Å². The van der Waals surface area contributed by atoms with Gasteiger partial charge in [0, 0.05) is 85.0 Å². The molecule has 3 amide bonds. The first-order valence-electron chi connectivity index (χ1n) is 18.7. The summed E-state index contributed by atoms with van der Waals surface area (Å²) in [4.78, 5) is 64.4. The summed E-state index contributed by atoms with van der Waals surface area (Å²) in [6, 6.07) is 20.2. The first-order chi connectivity index (χ1) is 29.7. The van der Waals surface area contributed by atoms with E-state index in [-0.39, 0.29) is 23.3 Å². The van der Waals surface area contributed by atoms with Crippen LogP contribution in [0.2, 0.25) is 10.0 Å². The molecule has 0 atom stereocenters. The van der Waals surface area contributed by atoms with E-state index in [0.29, 0.717) is 61.4 Å². The summed E-state index contributed by atoms with van der Waals surface area (Å²) in [6.45, 7) is 3.82. The van der Waals surface area contributed by atoms with E-state index in [2.05, 4.69) is 57.2 Å². The van der Waals surface area contributed by atoms with Gasteiger partial charge in [-0.15, -0.1) is 0 Å². The highest BCUT2D eigenvalue weighted by atomic mass is 35.5. The molecule has 0 unspecified atom stereocenters. The van der Waals surface area contributed by atoms with Gasteiger partial charge in [0.15, 0.2) is 0 Å². The zero-order chi connectivity index (χ0) is 45.3. The molecule has 0 spiro atoms. The number of rotatable bonds is 12. The van der Waals surface area contributed by atoms with Gasteiger partial charge in [-0.2, -0.15) is 0 Å². The minimum atomic E-state index is -1.06. The van der Waals surface area contributed by atoms with Crippen molar-refractivity contribution in [2.75, 3.05) is 49.6 Å². The molecular formula is C42H42Cl2FN11O5. The maximum Gasteiger partial charge on any atom is 0.335 e. The molecule has 0 aliphatic heterocycles. The summed E-state index contributed by atoms with van der Waals surface area (Å²) >= 11 is 12.1. The van der Waals surface area contributed by atoms with Crippen LogP contribution in [0.5, 0.6) is 0 Å². The Morgan fingerprint density at radius 2 is 0.951 bits per heavy atom. The molecule has 0 saturated heterocycles. The fraction of sp³-hybridized carbons (Fsp3) is 0.143. The molecule has 0 aliphatic rings. The van der Waals surface area contributed by atoms with Crippen molar-refractivity contribution in [1.29, 1.82) is 0 Å². The normalized spacial score (nSPS) is 10.3. The number of carboxylic acids is 1. The van der Waals surface area contributed by atoms with Crippen LogP contribution in [0.15, 0.2) is 97.6 Å². The van der Waals surface area contributed by atoms with Crippen molar-refractivity contribution in [2.24, 2.45) is 0 Å². The van der Waals surface area contributed by atoms with Crippen LogP contribution >= 0.6 is 23.2 Å². The fourth-order valence-corrected chi connectivity index (χ4v) is 5.84. The second-order valence-electron chi connectivity index (χ2n) is 12.6. The minimum absolute atomic E-state index is 0.0969. The molecule has 0 saturated carbocycles. The van der Waals surface area contributed by atoms with Crippen molar-refractivity contribution in [3.8, 4) is 0 Å². The maximum atomic E-state index is 12.3. The lowest BCUT2D eigenvalue weighted by Crippen LogP contribution is -2.20. The van der Waals surface area contributed by atoms with E-state index in [4.69, 9.17) is 29.7 Å². The number of aromatic nitrogens is 4. The molecule has 0 radical (unpaired) electrons. The summed E-state index contributed by atoms with van der Waals surface area (Å²) < 4.78 is 15.5. The Morgan fingerprint density at radius 1 is 0.557 bits per heavy atom. The van der Waals surface area contributed by atoms with Crippen molar-refractivity contribution < 1.29 is 30.0 Å². The van der Waals surface area contributed by atoms with Gasteiger partial charge in [0.25, 0.3) is 17.7 Å². The summed E-state index contributed by atoms with van der Waals surface area (Å²) in [5, 5.41) is 30.6. The number of aryl methyl sites for hydroxylation is 2. The van der Waals surface area contributed by atoms with E-state index >= 15 is 0 Å². The van der Waals surface area contributed by atoms with Crippen LogP contribution < -0.4 is 37.2 Å². The molecule has 16 nitrogen and oxygen atoms in total. The van der Waals surface area contributed by atoms with Crippen LogP contribution in [0, 0.1) is 13.8 Å². The first-order valence-corrected chi connectivity index (χ1v) is 18.7. The van der Waals surface area contributed by atoms with Gasteiger partial charge in [0.2, 0.25) is 0 Å². The number of halogens is 3. The molecule has 316 valence electrons. The van der Waals surface area contributed by atoms with Gasteiger partial charge in [-0.05, 0) is 85.6 Å². The van der Waals surface area contributed by atoms with Crippen molar-refractivity contribution in [1.82, 2.24) is 35.9 Å². The third-order valence-electron chi connectivity index (χ3n) is 8.44. The van der Waals surface area contributed by atoms with Crippen molar-refractivity contribution in [3.63, 3.8) is 0 Å². The minimum Gasteiger partial charge on any atom is -0.478 e. The third-order valence-corrected chi connectivity index (χ3v) is 8.91. The molecule has 0 fully saturated rings. The number of carboxylic acid groups (broad SMARTS) is 1. The van der Waals surface area contributed by atoms with Crippen LogP contribution in [0.4, 0.5) is 50.4 Å². The maximum absolute atomic E-state index is 12.3. The van der Waals surface area contributed by atoms with E-state index in [1.54, 1.807) is 50.5 Å². The largest absolute Gasteiger partial charge is 0.478 e. The highest BCUT2D eigenvalue weighted by molar-refractivity contribution is 6.31. The number of carbonyl (C=O) groups is 4. The molecule has 6 aromatic rings. The Kier molecular flexibility index (Phi) is 16.2. The number of nitrogens with zero attached hydrogens (tertiary/aromatic N) is 4. The average Bonchev–Trinajstić information content (AvgIpc) is 3.25. The van der Waals surface area contributed by atoms with Crippen LogP contribution in [0.3, 0.4) is 0 Å². The number of nitrogens with one attached hydrogen (secondary N) is 7. The Morgan fingerprint density at radius 3 is 1.34 bits per heavy atom. The zero-order valence-electron chi connectivity index (χ0n) is 34.4. The molecule has 6 rings (SSSR count). The van der Waals surface area contributed by atoms with Crippen LogP contribution in [-0.4, -0.2) is 77.0 Å². The summed E-state index contributed by atoms with van der Waals surface area (Å²) in [6.07, 6.45) is 5.82. The van der Waals surface area contributed by atoms with Gasteiger partial charge in [-0.25, -0.2) is 24.7 Å². The van der Waals surface area contributed by atoms with Gasteiger partial charge in [0.05, 0.1) is 36.6 Å². The number of alkyl halides is 1. The Hall–Kier alpha value is -7.37. The first kappa shape index (κ1) is 44.7. The van der Waals surface area contributed by atoms with Crippen LogP contribution in [0.1, 0.15) is 53.9 Å². The zero-order valence-corrected chi connectivity index (χ0v) is 35.0. The molecule has 8 N–H and O–H groups in total. The lowest BCUT2D eigenvalue weighted by molar-refractivity contribution is 0.0696. The number of hydrogen-bond donors (Lipinski definition) is 8. The Bertz CT molecular complexity index is 2570. The summed E-state index contributed by atoms with van der Waals surface area (Å²) in [5.74, 6) is -0.237. The standard InChI is InChI=1S/C21H21ClN6O2.C20H18ClN5O3.CH3F/c1-12-8-14(22)4-5-16(12)27-17-10-19(26-11-15(17)21(30)24-3)28-18-9-13(6-7-25-18)20(29)23-2;1-11-7-13(21)3-4-15(11)25-16-9-18(24-10-14(16)19(27)22-2)26-17-8-12(20(28)29)5-6-23-17;1-2/h4-11H,1-3H3,(H,23,29)(H,24,30)(H2,25,26,27,28);3-10H,1-2H3,(H,22,27)(H,28,29)(H2,23,24,25,26);1H3/i;;1D. The number of amides is 3. The number of benzene rings is 2. The molecule has 0 bridgehead atoms. The molecular weight excluding hydrogens is 828 g/mol. The fourth-order valence-electron chi connectivity index (χ4n) is 5.39. The molecule has 4 heterocycles. The van der Waals surface area contributed by atoms with E-state index in [1.807, 2.05) is 38.1 Å². The van der Waals surface area contributed by atoms with Gasteiger partial charge < -0.3 is 42.3 Å². The summed E-state index contributed by atoms with van der Waals surface area (Å²) in [7, 11) is 3.65. The smallest absolute Gasteiger partial charge is 0.335 e. The van der Waals surface area contributed by atoms with Crippen LogP contribution in [-0.2, 0) is 0 Å². The van der Waals surface area contributed by atoms with Crippen molar-refractivity contribution >= 4 is 92.9 Å². The van der Waals surface area contributed by atoms with E-state index in [1.165, 1.54) is 44.0 Å². The third kappa shape index (κ3) is 12.8. The number of hydrogen-bond acceptors (Lipinski definition) is 12. The molecule has 0 aliphatic carbocycles. The molecule has 4 aromatic heterocycles. The quantitative estimate of drug-likeness (QED) is 0.0581. The number of pyridine rings is 4. The Labute approximate surface area is 362 Å². The molecule has 61 heavy (non-hydrogen) atoms. The predicted octanol–water partition coefficient (Wildman–Crippen LogP) is 8.21. The predicted molar refractivity (Wildman–Crippen MR) is 237 cm³/mol. The summed E-state index contributed by atoms with van der Waals surface area (Å²) in [5.41, 5.74) is 5.78. The monoisotopic (exact) mass is 870 g/mol. The van der Waals surface area contributed by atoms with Gasteiger partial charge >= 0.3 is 5.97 Å². The second-order valence-corrected chi connectivity index (χ2v) is 13.4. The second kappa shape index (κ2) is 22.1. The van der Waals surface area contributed by atoms with E-state index in [9.17, 15) is 23.6 Å². The highest BCUT2D eigenvalue weighted by Gasteiger charge is 2.16. The Balaban J connectivity index is 0.000000257. The van der Waals surface area contributed by atoms with E-state index in [0.717, 1.165) is 22.5 Å². The highest BCUT2D eigenvalue weighted by Crippen LogP contribution is 2.30. The molecule has 2 aromatic carbocycles. The average molecular weight is 872 g/mol. The lowest BCUT2D eigenvalue weighted by Gasteiger charge is -2.15. The van der Waals surface area contributed by atoms with Crippen molar-refractivity contribution in [3.05, 3.63) is 141 Å². The molecule has 19 heteroatoms. The number of carbonyl (C=O) groups excluding carboxylic acids is 3. The number of anilines is 8. The van der Waals surface area contributed by atoms with Crippen LogP contribution in [0.25, 0.3) is 0 Å². The van der Waals surface area contributed by atoms with Gasteiger partial charge in [0.1, 0.15) is 23.3 Å². The lowest BCUT2D eigenvalue weighted by atomic mass is 10.1. The topological polar surface area (TPSA) is 224 Å².